The van der Waals surface area contributed by atoms with Crippen LogP contribution in [0.15, 0.2) is 4.42 Å². The molecule has 2 atom stereocenters. The van der Waals surface area contributed by atoms with Gasteiger partial charge in [-0.1, -0.05) is 12.0 Å². The monoisotopic (exact) mass is 231 g/mol. The summed E-state index contributed by atoms with van der Waals surface area (Å²) in [6.45, 7) is 3.31. The maximum absolute atomic E-state index is 9.59. The van der Waals surface area contributed by atoms with Crippen molar-refractivity contribution in [3.63, 3.8) is 0 Å². The van der Waals surface area contributed by atoms with Crippen molar-refractivity contribution in [2.45, 2.75) is 19.4 Å². The number of hydrogen-bond donors (Lipinski definition) is 1. The minimum Gasteiger partial charge on any atom is -0.408 e. The van der Waals surface area contributed by atoms with Crippen molar-refractivity contribution >= 4 is 17.6 Å². The third-order valence-corrected chi connectivity index (χ3v) is 2.80. The van der Waals surface area contributed by atoms with E-state index in [1.165, 1.54) is 0 Å². The Morgan fingerprint density at radius 1 is 1.53 bits per heavy atom. The first-order valence-corrected chi connectivity index (χ1v) is 5.55. The van der Waals surface area contributed by atoms with Crippen molar-refractivity contribution in [3.05, 3.63) is 5.89 Å². The summed E-state index contributed by atoms with van der Waals surface area (Å²) in [5.74, 6) is 1.27. The Morgan fingerprint density at radius 3 is 2.93 bits per heavy atom. The summed E-state index contributed by atoms with van der Waals surface area (Å²) in [6, 6.07) is 0.485. The van der Waals surface area contributed by atoms with Gasteiger partial charge in [0.05, 0.1) is 6.10 Å². The zero-order valence-electron chi connectivity index (χ0n) is 8.56. The van der Waals surface area contributed by atoms with Crippen molar-refractivity contribution in [1.82, 2.24) is 10.2 Å². The van der Waals surface area contributed by atoms with Gasteiger partial charge in [-0.15, -0.1) is 16.7 Å². The Bertz CT molecular complexity index is 321. The summed E-state index contributed by atoms with van der Waals surface area (Å²) >= 11 is 5.57. The van der Waals surface area contributed by atoms with E-state index in [0.717, 1.165) is 6.54 Å². The number of nitrogens with zero attached hydrogens (tertiary/aromatic N) is 3. The van der Waals surface area contributed by atoms with Crippen LogP contribution in [0.25, 0.3) is 0 Å². The topological polar surface area (TPSA) is 62.4 Å². The Labute approximate surface area is 93.0 Å². The second-order valence-electron chi connectivity index (χ2n) is 3.87. The number of anilines is 1. The van der Waals surface area contributed by atoms with Crippen molar-refractivity contribution in [2.75, 3.05) is 23.9 Å². The zero-order valence-corrected chi connectivity index (χ0v) is 9.31. The number of aryl methyl sites for hydroxylation is 1. The van der Waals surface area contributed by atoms with Gasteiger partial charge in [-0.3, -0.25) is 0 Å². The first kappa shape index (κ1) is 10.7. The van der Waals surface area contributed by atoms with Gasteiger partial charge in [0, 0.05) is 31.3 Å². The van der Waals surface area contributed by atoms with Crippen LogP contribution >= 0.6 is 11.6 Å². The molecule has 0 spiro atoms. The second kappa shape index (κ2) is 4.37. The fourth-order valence-corrected chi connectivity index (χ4v) is 1.82. The number of aliphatic hydroxyl groups is 1. The fraction of sp³-hybridized carbons (Fsp3) is 0.778. The van der Waals surface area contributed by atoms with Crippen LogP contribution in [-0.2, 0) is 6.42 Å². The highest BCUT2D eigenvalue weighted by Crippen LogP contribution is 2.22. The van der Waals surface area contributed by atoms with Gasteiger partial charge in [-0.05, 0) is 0 Å². The molecule has 1 N–H and O–H groups in total. The summed E-state index contributed by atoms with van der Waals surface area (Å²) in [5.41, 5.74) is 0. The number of β-amino-alcohol motifs (C(OH)–C–C–N with tert-alkyl or cyclic N) is 1. The SMILES string of the molecule is CC1CN(c2nnc(CCCl)o2)CC1O. The fourth-order valence-electron chi connectivity index (χ4n) is 1.66. The van der Waals surface area contributed by atoms with E-state index in [1.54, 1.807) is 0 Å². The molecule has 0 amide bonds. The van der Waals surface area contributed by atoms with Crippen molar-refractivity contribution in [2.24, 2.45) is 5.92 Å². The number of alkyl halides is 1. The average molecular weight is 232 g/mol. The van der Waals surface area contributed by atoms with Crippen molar-refractivity contribution < 1.29 is 9.52 Å². The molecule has 5 nitrogen and oxygen atoms in total. The van der Waals surface area contributed by atoms with Gasteiger partial charge in [0.2, 0.25) is 5.89 Å². The Balaban J connectivity index is 2.04. The Morgan fingerprint density at radius 2 is 2.33 bits per heavy atom. The lowest BCUT2D eigenvalue weighted by Crippen LogP contribution is -2.21. The number of aromatic nitrogens is 2. The second-order valence-corrected chi connectivity index (χ2v) is 4.24. The number of aliphatic hydroxyl groups excluding tert-OH is 1. The molecule has 2 heterocycles. The van der Waals surface area contributed by atoms with E-state index in [9.17, 15) is 5.11 Å². The van der Waals surface area contributed by atoms with Crippen LogP contribution in [0.3, 0.4) is 0 Å². The maximum Gasteiger partial charge on any atom is 0.318 e. The third kappa shape index (κ3) is 2.23. The van der Waals surface area contributed by atoms with Crippen LogP contribution < -0.4 is 4.90 Å². The first-order valence-electron chi connectivity index (χ1n) is 5.02. The van der Waals surface area contributed by atoms with E-state index < -0.39 is 0 Å². The highest BCUT2D eigenvalue weighted by molar-refractivity contribution is 6.17. The van der Waals surface area contributed by atoms with E-state index >= 15 is 0 Å². The van der Waals surface area contributed by atoms with E-state index in [2.05, 4.69) is 10.2 Å². The molecule has 15 heavy (non-hydrogen) atoms. The lowest BCUT2D eigenvalue weighted by atomic mass is 10.1. The molecule has 6 heteroatoms. The van der Waals surface area contributed by atoms with Crippen LogP contribution in [0.5, 0.6) is 0 Å². The largest absolute Gasteiger partial charge is 0.408 e. The van der Waals surface area contributed by atoms with Crippen molar-refractivity contribution in [3.8, 4) is 0 Å². The normalized spacial score (nSPS) is 26.2. The van der Waals surface area contributed by atoms with E-state index in [4.69, 9.17) is 16.0 Å². The van der Waals surface area contributed by atoms with Gasteiger partial charge >= 0.3 is 6.01 Å². The Hall–Kier alpha value is -0.810. The summed E-state index contributed by atoms with van der Waals surface area (Å²) in [7, 11) is 0. The van der Waals surface area contributed by atoms with Gasteiger partial charge < -0.3 is 14.4 Å². The molecule has 2 unspecified atom stereocenters. The van der Waals surface area contributed by atoms with Gasteiger partial charge in [0.15, 0.2) is 0 Å². The molecular formula is C9H14ClN3O2. The average Bonchev–Trinajstić information content (AvgIpc) is 2.76. The molecule has 0 aliphatic carbocycles. The lowest BCUT2D eigenvalue weighted by Gasteiger charge is -2.10. The number of halogens is 1. The van der Waals surface area contributed by atoms with E-state index in [1.807, 2.05) is 11.8 Å². The quantitative estimate of drug-likeness (QED) is 0.775. The molecule has 1 aromatic rings. The molecule has 0 aromatic carbocycles. The predicted molar refractivity (Wildman–Crippen MR) is 56.1 cm³/mol. The van der Waals surface area contributed by atoms with Gasteiger partial charge in [-0.25, -0.2) is 0 Å². The minimum atomic E-state index is -0.312. The first-order chi connectivity index (χ1) is 7.20. The molecule has 0 saturated carbocycles. The predicted octanol–water partition coefficient (Wildman–Crippen LogP) is 0.668. The zero-order chi connectivity index (χ0) is 10.8. The van der Waals surface area contributed by atoms with Crippen LogP contribution in [-0.4, -0.2) is 40.4 Å². The summed E-state index contributed by atoms with van der Waals surface area (Å²) in [6.07, 6.45) is 0.272. The van der Waals surface area contributed by atoms with Crippen LogP contribution in [0.4, 0.5) is 6.01 Å². The third-order valence-electron chi connectivity index (χ3n) is 2.61. The molecule has 0 bridgehead atoms. The molecular weight excluding hydrogens is 218 g/mol. The van der Waals surface area contributed by atoms with Crippen LogP contribution in [0, 0.1) is 5.92 Å². The number of hydrogen-bond acceptors (Lipinski definition) is 5. The summed E-state index contributed by atoms with van der Waals surface area (Å²) in [4.78, 5) is 1.90. The van der Waals surface area contributed by atoms with Crippen molar-refractivity contribution in [1.29, 1.82) is 0 Å². The highest BCUT2D eigenvalue weighted by Gasteiger charge is 2.30. The molecule has 1 aromatic heterocycles. The maximum atomic E-state index is 9.59. The van der Waals surface area contributed by atoms with Crippen LogP contribution in [0.1, 0.15) is 12.8 Å². The molecule has 1 aliphatic heterocycles. The number of rotatable bonds is 3. The summed E-state index contributed by atoms with van der Waals surface area (Å²) in [5, 5.41) is 17.4. The van der Waals surface area contributed by atoms with E-state index in [0.29, 0.717) is 30.8 Å². The van der Waals surface area contributed by atoms with Crippen LogP contribution in [0.2, 0.25) is 0 Å². The molecule has 1 fully saturated rings. The molecule has 1 saturated heterocycles. The van der Waals surface area contributed by atoms with Gasteiger partial charge in [-0.2, -0.15) is 0 Å². The Kier molecular flexibility index (Phi) is 3.11. The molecule has 1 aliphatic rings. The molecule has 0 radical (unpaired) electrons. The lowest BCUT2D eigenvalue weighted by molar-refractivity contribution is 0.157. The molecule has 84 valence electrons. The smallest absolute Gasteiger partial charge is 0.318 e. The molecule has 2 rings (SSSR count). The highest BCUT2D eigenvalue weighted by atomic mass is 35.5. The minimum absolute atomic E-state index is 0.244. The van der Waals surface area contributed by atoms with E-state index in [-0.39, 0.29) is 12.0 Å². The standard InChI is InChI=1S/C9H14ClN3O2/c1-6-4-13(5-7(6)14)9-12-11-8(15-9)2-3-10/h6-7,14H,2-5H2,1H3. The van der Waals surface area contributed by atoms with Gasteiger partial charge in [0.25, 0.3) is 0 Å². The summed E-state index contributed by atoms with van der Waals surface area (Å²) < 4.78 is 5.41. The van der Waals surface area contributed by atoms with Gasteiger partial charge in [0.1, 0.15) is 0 Å².